The van der Waals surface area contributed by atoms with Gasteiger partial charge in [-0.1, -0.05) is 29.5 Å². The number of amides is 1. The van der Waals surface area contributed by atoms with Crippen LogP contribution < -0.4 is 10.2 Å². The highest BCUT2D eigenvalue weighted by atomic mass is 16.5. The van der Waals surface area contributed by atoms with Gasteiger partial charge in [-0.2, -0.15) is 5.10 Å². The molecular weight excluding hydrogens is 294 g/mol. The van der Waals surface area contributed by atoms with Gasteiger partial charge in [-0.15, -0.1) is 5.10 Å². The SMILES string of the molecule is COc1cccc(C=NNC(=O)Cn2nnc3ccccc32)c1. The van der Waals surface area contributed by atoms with Crippen LogP contribution in [0.2, 0.25) is 0 Å². The first-order valence-electron chi connectivity index (χ1n) is 7.00. The van der Waals surface area contributed by atoms with E-state index < -0.39 is 0 Å². The van der Waals surface area contributed by atoms with Crippen molar-refractivity contribution in [1.82, 2.24) is 20.4 Å². The average Bonchev–Trinajstić information content (AvgIpc) is 2.98. The lowest BCUT2D eigenvalue weighted by Gasteiger charge is -2.02. The van der Waals surface area contributed by atoms with Crippen LogP contribution in [0.15, 0.2) is 53.6 Å². The van der Waals surface area contributed by atoms with E-state index in [0.717, 1.165) is 22.3 Å². The van der Waals surface area contributed by atoms with Gasteiger partial charge in [0, 0.05) is 0 Å². The number of para-hydroxylation sites is 1. The minimum Gasteiger partial charge on any atom is -0.497 e. The summed E-state index contributed by atoms with van der Waals surface area (Å²) in [5.74, 6) is 0.453. The number of aromatic nitrogens is 3. The number of ether oxygens (including phenoxy) is 1. The van der Waals surface area contributed by atoms with E-state index in [0.29, 0.717) is 0 Å². The predicted octanol–water partition coefficient (Wildman–Crippen LogP) is 1.59. The fraction of sp³-hybridized carbons (Fsp3) is 0.125. The lowest BCUT2D eigenvalue weighted by molar-refractivity contribution is -0.121. The summed E-state index contributed by atoms with van der Waals surface area (Å²) in [4.78, 5) is 11.9. The second kappa shape index (κ2) is 6.69. The van der Waals surface area contributed by atoms with Crippen molar-refractivity contribution in [2.45, 2.75) is 6.54 Å². The van der Waals surface area contributed by atoms with E-state index in [2.05, 4.69) is 20.8 Å². The maximum absolute atomic E-state index is 11.9. The number of fused-ring (bicyclic) bond motifs is 1. The number of rotatable bonds is 5. The van der Waals surface area contributed by atoms with Crippen molar-refractivity contribution in [3.8, 4) is 5.75 Å². The molecule has 0 aliphatic carbocycles. The highest BCUT2D eigenvalue weighted by Gasteiger charge is 2.07. The third-order valence-electron chi connectivity index (χ3n) is 3.21. The molecule has 0 unspecified atom stereocenters. The summed E-state index contributed by atoms with van der Waals surface area (Å²) in [5.41, 5.74) is 4.86. The predicted molar refractivity (Wildman–Crippen MR) is 86.3 cm³/mol. The van der Waals surface area contributed by atoms with Crippen molar-refractivity contribution < 1.29 is 9.53 Å². The Hall–Kier alpha value is -3.22. The van der Waals surface area contributed by atoms with E-state index in [4.69, 9.17) is 4.74 Å². The molecule has 0 radical (unpaired) electrons. The van der Waals surface area contributed by atoms with Crippen LogP contribution in [0.4, 0.5) is 0 Å². The first kappa shape index (κ1) is 14.7. The van der Waals surface area contributed by atoms with Gasteiger partial charge in [-0.25, -0.2) is 10.1 Å². The second-order valence-electron chi connectivity index (χ2n) is 4.81. The molecule has 0 saturated heterocycles. The summed E-state index contributed by atoms with van der Waals surface area (Å²) < 4.78 is 6.66. The number of carbonyl (C=O) groups is 1. The van der Waals surface area contributed by atoms with Gasteiger partial charge in [0.1, 0.15) is 17.8 Å². The van der Waals surface area contributed by atoms with Gasteiger partial charge in [-0.05, 0) is 29.8 Å². The van der Waals surface area contributed by atoms with Gasteiger partial charge >= 0.3 is 0 Å². The number of benzene rings is 2. The Morgan fingerprint density at radius 1 is 1.30 bits per heavy atom. The van der Waals surface area contributed by atoms with Crippen LogP contribution >= 0.6 is 0 Å². The molecule has 2 aromatic carbocycles. The zero-order valence-corrected chi connectivity index (χ0v) is 12.5. The van der Waals surface area contributed by atoms with Gasteiger partial charge in [0.25, 0.3) is 5.91 Å². The number of nitrogens with one attached hydrogen (secondary N) is 1. The van der Waals surface area contributed by atoms with Crippen LogP contribution in [0.3, 0.4) is 0 Å². The van der Waals surface area contributed by atoms with Crippen LogP contribution in [0.25, 0.3) is 11.0 Å². The maximum atomic E-state index is 11.9. The van der Waals surface area contributed by atoms with E-state index in [1.807, 2.05) is 48.5 Å². The molecule has 3 rings (SSSR count). The van der Waals surface area contributed by atoms with Crippen molar-refractivity contribution in [1.29, 1.82) is 0 Å². The minimum atomic E-state index is -0.278. The number of hydrazone groups is 1. The average molecular weight is 309 g/mol. The van der Waals surface area contributed by atoms with Crippen LogP contribution in [0, 0.1) is 0 Å². The molecule has 0 aliphatic heterocycles. The third kappa shape index (κ3) is 3.52. The van der Waals surface area contributed by atoms with Crippen LogP contribution in [0.1, 0.15) is 5.56 Å². The molecule has 0 aliphatic rings. The Balaban J connectivity index is 1.62. The molecule has 23 heavy (non-hydrogen) atoms. The molecule has 1 heterocycles. The van der Waals surface area contributed by atoms with Gasteiger partial charge in [-0.3, -0.25) is 4.79 Å². The zero-order chi connectivity index (χ0) is 16.1. The summed E-state index contributed by atoms with van der Waals surface area (Å²) >= 11 is 0. The van der Waals surface area contributed by atoms with E-state index >= 15 is 0 Å². The topological polar surface area (TPSA) is 81.4 Å². The van der Waals surface area contributed by atoms with E-state index in [9.17, 15) is 4.79 Å². The molecule has 0 fully saturated rings. The number of carbonyl (C=O) groups excluding carboxylic acids is 1. The Morgan fingerprint density at radius 3 is 3.04 bits per heavy atom. The van der Waals surface area contributed by atoms with Crippen molar-refractivity contribution >= 4 is 23.2 Å². The molecule has 116 valence electrons. The molecular formula is C16H15N5O2. The van der Waals surface area contributed by atoms with Gasteiger partial charge in [0.2, 0.25) is 0 Å². The summed E-state index contributed by atoms with van der Waals surface area (Å²) in [6, 6.07) is 14.8. The number of nitrogens with zero attached hydrogens (tertiary/aromatic N) is 4. The Kier molecular flexibility index (Phi) is 4.28. The second-order valence-corrected chi connectivity index (χ2v) is 4.81. The molecule has 1 amide bonds. The number of hydrogen-bond acceptors (Lipinski definition) is 5. The molecule has 0 atom stereocenters. The molecule has 0 bridgehead atoms. The summed E-state index contributed by atoms with van der Waals surface area (Å²) in [5, 5.41) is 11.9. The van der Waals surface area contributed by atoms with Gasteiger partial charge in [0.05, 0.1) is 18.8 Å². The first-order chi connectivity index (χ1) is 11.3. The van der Waals surface area contributed by atoms with Gasteiger partial charge < -0.3 is 4.74 Å². The Labute approximate surface area is 132 Å². The van der Waals surface area contributed by atoms with E-state index in [-0.39, 0.29) is 12.5 Å². The first-order valence-corrected chi connectivity index (χ1v) is 7.00. The quantitative estimate of drug-likeness (QED) is 0.573. The number of hydrogen-bond donors (Lipinski definition) is 1. The Bertz CT molecular complexity index is 856. The normalized spacial score (nSPS) is 11.0. The monoisotopic (exact) mass is 309 g/mol. The minimum absolute atomic E-state index is 0.0516. The van der Waals surface area contributed by atoms with Gasteiger partial charge in [0.15, 0.2) is 0 Å². The fourth-order valence-electron chi connectivity index (χ4n) is 2.11. The molecule has 3 aromatic rings. The standard InChI is InChI=1S/C16H15N5O2/c1-23-13-6-4-5-12(9-13)10-17-19-16(22)11-21-15-8-3-2-7-14(15)18-20-21/h2-10H,11H2,1H3,(H,19,22). The largest absolute Gasteiger partial charge is 0.497 e. The fourth-order valence-corrected chi connectivity index (χ4v) is 2.11. The maximum Gasteiger partial charge on any atom is 0.261 e. The highest BCUT2D eigenvalue weighted by molar-refractivity contribution is 5.83. The smallest absolute Gasteiger partial charge is 0.261 e. The van der Waals surface area contributed by atoms with Crippen LogP contribution in [0.5, 0.6) is 5.75 Å². The van der Waals surface area contributed by atoms with Crippen LogP contribution in [-0.4, -0.2) is 34.2 Å². The Morgan fingerprint density at radius 2 is 2.17 bits per heavy atom. The zero-order valence-electron chi connectivity index (χ0n) is 12.5. The van der Waals surface area contributed by atoms with Crippen molar-refractivity contribution in [2.75, 3.05) is 7.11 Å². The van der Waals surface area contributed by atoms with Crippen molar-refractivity contribution in [3.05, 3.63) is 54.1 Å². The summed E-state index contributed by atoms with van der Waals surface area (Å²) in [7, 11) is 1.60. The highest BCUT2D eigenvalue weighted by Crippen LogP contribution is 2.11. The molecule has 1 aromatic heterocycles. The van der Waals surface area contributed by atoms with E-state index in [1.165, 1.54) is 4.68 Å². The molecule has 7 heteroatoms. The summed E-state index contributed by atoms with van der Waals surface area (Å²) in [6.07, 6.45) is 1.56. The molecule has 1 N–H and O–H groups in total. The third-order valence-corrected chi connectivity index (χ3v) is 3.21. The van der Waals surface area contributed by atoms with Crippen LogP contribution in [-0.2, 0) is 11.3 Å². The lowest BCUT2D eigenvalue weighted by Crippen LogP contribution is -2.23. The molecule has 7 nitrogen and oxygen atoms in total. The van der Waals surface area contributed by atoms with E-state index in [1.54, 1.807) is 13.3 Å². The molecule has 0 spiro atoms. The summed E-state index contributed by atoms with van der Waals surface area (Å²) in [6.45, 7) is 0.0516. The number of methoxy groups -OCH3 is 1. The van der Waals surface area contributed by atoms with Crippen molar-refractivity contribution in [3.63, 3.8) is 0 Å². The molecule has 0 saturated carbocycles. The van der Waals surface area contributed by atoms with Crippen molar-refractivity contribution in [2.24, 2.45) is 5.10 Å². The lowest BCUT2D eigenvalue weighted by atomic mass is 10.2.